The van der Waals surface area contributed by atoms with Crippen LogP contribution in [0.3, 0.4) is 0 Å². The zero-order valence-electron chi connectivity index (χ0n) is 26.3. The van der Waals surface area contributed by atoms with E-state index in [0.29, 0.717) is 30.3 Å². The molecule has 1 aromatic carbocycles. The monoisotopic (exact) mass is 546 g/mol. The van der Waals surface area contributed by atoms with Crippen LogP contribution in [0.25, 0.3) is 0 Å². The Morgan fingerprint density at radius 3 is 2.38 bits per heavy atom. The van der Waals surface area contributed by atoms with Crippen molar-refractivity contribution < 1.29 is 14.6 Å². The molecule has 5 aliphatic carbocycles. The van der Waals surface area contributed by atoms with E-state index in [-0.39, 0.29) is 39.7 Å². The molecule has 0 radical (unpaired) electrons. The van der Waals surface area contributed by atoms with Crippen molar-refractivity contribution in [3.63, 3.8) is 0 Å². The molecule has 5 aliphatic rings. The first kappa shape index (κ1) is 28.5. The van der Waals surface area contributed by atoms with Crippen LogP contribution in [0.4, 0.5) is 0 Å². The fourth-order valence-electron chi connectivity index (χ4n) is 12.0. The van der Waals surface area contributed by atoms with Crippen LogP contribution < -0.4 is 0 Å². The molecule has 6 rings (SSSR count). The number of hydrogen-bond donors (Lipinski definition) is 1. The van der Waals surface area contributed by atoms with Crippen LogP contribution in [0, 0.1) is 56.7 Å². The predicted octanol–water partition coefficient (Wildman–Crippen LogP) is 8.75. The third-order valence-corrected chi connectivity index (χ3v) is 14.3. The number of rotatable bonds is 3. The van der Waals surface area contributed by atoms with Crippen molar-refractivity contribution in [3.05, 3.63) is 47.5 Å². The molecule has 10 atom stereocenters. The van der Waals surface area contributed by atoms with Crippen LogP contribution in [0.2, 0.25) is 0 Å². The highest BCUT2D eigenvalue weighted by atomic mass is 16.5. The summed E-state index contributed by atoms with van der Waals surface area (Å²) in [5.41, 5.74) is 2.83. The van der Waals surface area contributed by atoms with E-state index in [2.05, 4.69) is 66.7 Å². The van der Waals surface area contributed by atoms with Crippen molar-refractivity contribution >= 4 is 5.97 Å². The van der Waals surface area contributed by atoms with Gasteiger partial charge in [-0.05, 0) is 115 Å². The number of hydrogen-bond acceptors (Lipinski definition) is 3. The molecule has 0 heterocycles. The largest absolute Gasteiger partial charge is 0.460 e. The molecule has 4 fully saturated rings. The van der Waals surface area contributed by atoms with Crippen molar-refractivity contribution in [1.82, 2.24) is 0 Å². The van der Waals surface area contributed by atoms with Crippen LogP contribution in [0.1, 0.15) is 112 Å². The summed E-state index contributed by atoms with van der Waals surface area (Å²) in [7, 11) is 0. The maximum Gasteiger partial charge on any atom is 0.313 e. The second-order valence-electron chi connectivity index (χ2n) is 16.4. The number of ether oxygens (including phenoxy) is 1. The average Bonchev–Trinajstić information content (AvgIpc) is 2.89. The number of carbonyl (C=O) groups is 1. The summed E-state index contributed by atoms with van der Waals surface area (Å²) in [5.74, 6) is 2.60. The molecular weight excluding hydrogens is 492 g/mol. The Bertz CT molecular complexity index is 1170. The Balaban J connectivity index is 1.38. The first-order chi connectivity index (χ1) is 18.8. The molecular formula is C37H54O3. The maximum atomic E-state index is 14.2. The highest BCUT2D eigenvalue weighted by Gasteiger charge is 2.69. The zero-order valence-corrected chi connectivity index (χ0v) is 26.3. The Hall–Kier alpha value is -1.61. The smallest absolute Gasteiger partial charge is 0.313 e. The Morgan fingerprint density at radius 2 is 1.65 bits per heavy atom. The van der Waals surface area contributed by atoms with Gasteiger partial charge >= 0.3 is 5.97 Å². The van der Waals surface area contributed by atoms with Gasteiger partial charge in [-0.3, -0.25) is 4.79 Å². The van der Waals surface area contributed by atoms with Crippen molar-refractivity contribution in [2.45, 2.75) is 119 Å². The molecule has 0 saturated heterocycles. The highest BCUT2D eigenvalue weighted by molar-refractivity contribution is 5.79. The van der Waals surface area contributed by atoms with Crippen LogP contribution >= 0.6 is 0 Å². The summed E-state index contributed by atoms with van der Waals surface area (Å²) < 4.78 is 6.18. The van der Waals surface area contributed by atoms with Gasteiger partial charge in [-0.15, -0.1) is 0 Å². The molecule has 4 saturated carbocycles. The second kappa shape index (κ2) is 9.45. The van der Waals surface area contributed by atoms with Gasteiger partial charge in [0.25, 0.3) is 0 Å². The number of aliphatic hydroxyl groups is 1. The molecule has 0 aromatic heterocycles. The minimum Gasteiger partial charge on any atom is -0.460 e. The van der Waals surface area contributed by atoms with E-state index in [9.17, 15) is 9.90 Å². The van der Waals surface area contributed by atoms with Crippen LogP contribution in [0.15, 0.2) is 42.0 Å². The van der Waals surface area contributed by atoms with Crippen LogP contribution in [-0.2, 0) is 16.1 Å². The normalized spacial score (nSPS) is 47.5. The van der Waals surface area contributed by atoms with Gasteiger partial charge < -0.3 is 9.84 Å². The van der Waals surface area contributed by atoms with E-state index in [1.165, 1.54) is 12.8 Å². The molecule has 40 heavy (non-hydrogen) atoms. The van der Waals surface area contributed by atoms with Gasteiger partial charge in [0.1, 0.15) is 6.61 Å². The van der Waals surface area contributed by atoms with Gasteiger partial charge in [-0.25, -0.2) is 0 Å². The zero-order chi connectivity index (χ0) is 28.7. The SMILES string of the molecule is C[C@H]1[C@H](C)CC[C@]2(C(=O)OCc3ccccc3)CC[C@]3(C)C(=CC[C@@H]4[C@@]5(C)C[C@@H](O)CC(C)(C)[C@@H]5CC[C@]43C)[C@H]12. The van der Waals surface area contributed by atoms with E-state index >= 15 is 0 Å². The summed E-state index contributed by atoms with van der Waals surface area (Å²) >= 11 is 0. The van der Waals surface area contributed by atoms with E-state index in [1.54, 1.807) is 5.57 Å². The topological polar surface area (TPSA) is 46.5 Å². The van der Waals surface area contributed by atoms with Crippen molar-refractivity contribution in [2.75, 3.05) is 0 Å². The number of allylic oxidation sites excluding steroid dienone is 2. The van der Waals surface area contributed by atoms with E-state index < -0.39 is 5.41 Å². The average molecular weight is 547 g/mol. The molecule has 0 amide bonds. The summed E-state index contributed by atoms with van der Waals surface area (Å²) in [4.78, 5) is 14.2. The number of aliphatic hydroxyl groups excluding tert-OH is 1. The minimum absolute atomic E-state index is 0.0446. The highest BCUT2D eigenvalue weighted by Crippen LogP contribution is 2.75. The summed E-state index contributed by atoms with van der Waals surface area (Å²) in [5, 5.41) is 11.1. The lowest BCUT2D eigenvalue weighted by Crippen LogP contribution is -2.65. The number of carbonyl (C=O) groups excluding carboxylic acids is 1. The van der Waals surface area contributed by atoms with Gasteiger partial charge in [-0.2, -0.15) is 0 Å². The molecule has 220 valence electrons. The lowest BCUT2D eigenvalue weighted by molar-refractivity contribution is -0.203. The third kappa shape index (κ3) is 3.88. The molecule has 3 nitrogen and oxygen atoms in total. The van der Waals surface area contributed by atoms with Gasteiger partial charge in [-0.1, -0.05) is 90.4 Å². The quantitative estimate of drug-likeness (QED) is 0.304. The van der Waals surface area contributed by atoms with Crippen molar-refractivity contribution in [2.24, 2.45) is 56.7 Å². The van der Waals surface area contributed by atoms with Crippen LogP contribution in [-0.4, -0.2) is 17.2 Å². The summed E-state index contributed by atoms with van der Waals surface area (Å²) in [6.07, 6.45) is 12.0. The minimum atomic E-state index is -0.403. The molecule has 0 aliphatic heterocycles. The van der Waals surface area contributed by atoms with Crippen molar-refractivity contribution in [1.29, 1.82) is 0 Å². The Morgan fingerprint density at radius 1 is 0.925 bits per heavy atom. The molecule has 1 aromatic rings. The summed E-state index contributed by atoms with van der Waals surface area (Å²) in [6, 6.07) is 10.2. The molecule has 3 heteroatoms. The first-order valence-corrected chi connectivity index (χ1v) is 16.4. The third-order valence-electron chi connectivity index (χ3n) is 14.3. The standard InChI is InChI=1S/C37H54O3/c1-24-15-18-37(32(39)40-23-26-11-9-8-10-12-26)20-19-35(6)28(31(37)25(24)2)13-14-30-34(5)22-27(38)21-33(3,4)29(34)16-17-36(30,35)7/h8-13,24-25,27,29-31,38H,14-23H2,1-7H3/t24-,25+,27+,29+,30-,31+,34+,35-,36-,37+/m1/s1. The molecule has 0 bridgehead atoms. The van der Waals surface area contributed by atoms with Crippen LogP contribution in [0.5, 0.6) is 0 Å². The first-order valence-electron chi connectivity index (χ1n) is 16.4. The van der Waals surface area contributed by atoms with E-state index in [1.807, 2.05) is 18.2 Å². The van der Waals surface area contributed by atoms with E-state index in [0.717, 1.165) is 50.5 Å². The van der Waals surface area contributed by atoms with Gasteiger partial charge in [0.2, 0.25) is 0 Å². The van der Waals surface area contributed by atoms with Crippen molar-refractivity contribution in [3.8, 4) is 0 Å². The predicted molar refractivity (Wildman–Crippen MR) is 161 cm³/mol. The molecule has 0 unspecified atom stereocenters. The van der Waals surface area contributed by atoms with E-state index in [4.69, 9.17) is 4.74 Å². The fourth-order valence-corrected chi connectivity index (χ4v) is 12.0. The van der Waals surface area contributed by atoms with Gasteiger partial charge in [0, 0.05) is 0 Å². The second-order valence-corrected chi connectivity index (χ2v) is 16.4. The number of esters is 1. The Labute approximate surface area is 243 Å². The van der Waals surface area contributed by atoms with Gasteiger partial charge in [0.05, 0.1) is 11.5 Å². The maximum absolute atomic E-state index is 14.2. The molecule has 1 N–H and O–H groups in total. The fraction of sp³-hybridized carbons (Fsp3) is 0.757. The lowest BCUT2D eigenvalue weighted by Gasteiger charge is -2.71. The lowest BCUT2D eigenvalue weighted by atomic mass is 9.33. The Kier molecular flexibility index (Phi) is 6.73. The number of fused-ring (bicyclic) bond motifs is 7. The van der Waals surface area contributed by atoms with Gasteiger partial charge in [0.15, 0.2) is 0 Å². The summed E-state index contributed by atoms with van der Waals surface area (Å²) in [6.45, 7) is 17.7. The molecule has 0 spiro atoms. The number of benzene rings is 1.